The second-order valence-electron chi connectivity index (χ2n) is 5.59. The molecule has 2 unspecified atom stereocenters. The first-order valence-electron chi connectivity index (χ1n) is 7.41. The number of rotatable bonds is 4. The molecule has 7 nitrogen and oxygen atoms in total. The molecule has 0 aliphatic heterocycles. The normalized spacial score (nSPS) is 18.8. The second kappa shape index (κ2) is 6.07. The molecule has 1 fully saturated rings. The minimum atomic E-state index is -2.18. The van der Waals surface area contributed by atoms with Crippen LogP contribution in [0.1, 0.15) is 29.7 Å². The van der Waals surface area contributed by atoms with Crippen LogP contribution in [0.2, 0.25) is 0 Å². The second-order valence-corrected chi connectivity index (χ2v) is 5.59. The van der Waals surface area contributed by atoms with Crippen LogP contribution in [0.25, 0.3) is 10.9 Å². The van der Waals surface area contributed by atoms with Crippen LogP contribution in [-0.4, -0.2) is 28.2 Å². The number of hydrogen-bond acceptors (Lipinski definition) is 5. The number of nitro benzene ring substituents is 1. The fourth-order valence-corrected chi connectivity index (χ4v) is 2.72. The van der Waals surface area contributed by atoms with E-state index in [1.807, 2.05) is 0 Å². The molecule has 0 saturated heterocycles. The van der Waals surface area contributed by atoms with E-state index in [0.29, 0.717) is 4.57 Å². The predicted molar refractivity (Wildman–Crippen MR) is 79.2 cm³/mol. The molecule has 3 rings (SSSR count). The summed E-state index contributed by atoms with van der Waals surface area (Å²) in [7, 11) is 0. The SMILES string of the molecule is CCOC(=O)c1cn(C2CC2F)c2c(F)c(F)c(F)c([N+](=O)[O-])c2c1=O. The van der Waals surface area contributed by atoms with Crippen LogP contribution in [0, 0.1) is 27.6 Å². The Morgan fingerprint density at radius 3 is 2.46 bits per heavy atom. The van der Waals surface area contributed by atoms with E-state index >= 15 is 0 Å². The van der Waals surface area contributed by atoms with Crippen LogP contribution in [-0.2, 0) is 4.74 Å². The molecule has 26 heavy (non-hydrogen) atoms. The smallest absolute Gasteiger partial charge is 0.343 e. The predicted octanol–water partition coefficient (Wildman–Crippen LogP) is 2.79. The molecule has 0 radical (unpaired) electrons. The number of aromatic nitrogens is 1. The molecule has 0 amide bonds. The van der Waals surface area contributed by atoms with Gasteiger partial charge in [-0.15, -0.1) is 0 Å². The van der Waals surface area contributed by atoms with Crippen molar-refractivity contribution in [3.05, 3.63) is 49.5 Å². The monoisotopic (exact) mass is 374 g/mol. The van der Waals surface area contributed by atoms with Crippen molar-refractivity contribution in [3.63, 3.8) is 0 Å². The summed E-state index contributed by atoms with van der Waals surface area (Å²) in [4.78, 5) is 34.2. The molecular weight excluding hydrogens is 364 g/mol. The molecule has 11 heteroatoms. The number of carbonyl (C=O) groups is 1. The van der Waals surface area contributed by atoms with Crippen molar-refractivity contribution >= 4 is 22.6 Å². The standard InChI is InChI=1S/C15H10F4N2O5/c1-2-26-15(23)5-4-20(7-3-6(7)16)12-8(14(5)22)13(21(24)25)11(19)9(17)10(12)18/h4,6-7H,2-3H2,1H3. The number of hydrogen-bond donors (Lipinski definition) is 0. The lowest BCUT2D eigenvalue weighted by Crippen LogP contribution is -2.23. The lowest BCUT2D eigenvalue weighted by Gasteiger charge is -2.14. The quantitative estimate of drug-likeness (QED) is 0.270. The van der Waals surface area contributed by atoms with Crippen LogP contribution >= 0.6 is 0 Å². The third kappa shape index (κ3) is 2.50. The summed E-state index contributed by atoms with van der Waals surface area (Å²) in [5.41, 5.74) is -4.78. The average Bonchev–Trinajstić information content (AvgIpc) is 3.30. The molecule has 1 aromatic carbocycles. The minimum Gasteiger partial charge on any atom is -0.462 e. The zero-order chi connectivity index (χ0) is 19.3. The molecule has 1 saturated carbocycles. The first kappa shape index (κ1) is 17.8. The van der Waals surface area contributed by atoms with Gasteiger partial charge in [-0.25, -0.2) is 18.0 Å². The van der Waals surface area contributed by atoms with E-state index in [-0.39, 0.29) is 13.0 Å². The zero-order valence-corrected chi connectivity index (χ0v) is 13.1. The van der Waals surface area contributed by atoms with Gasteiger partial charge in [-0.05, 0) is 6.92 Å². The molecule has 0 N–H and O–H groups in total. The van der Waals surface area contributed by atoms with Gasteiger partial charge in [0.05, 0.1) is 23.1 Å². The van der Waals surface area contributed by atoms with Gasteiger partial charge < -0.3 is 9.30 Å². The lowest BCUT2D eigenvalue weighted by atomic mass is 10.1. The highest BCUT2D eigenvalue weighted by Crippen LogP contribution is 2.42. The third-order valence-electron chi connectivity index (χ3n) is 3.99. The summed E-state index contributed by atoms with van der Waals surface area (Å²) in [6.45, 7) is 1.27. The Balaban J connectivity index is 2.53. The van der Waals surface area contributed by atoms with E-state index in [9.17, 15) is 37.3 Å². The summed E-state index contributed by atoms with van der Waals surface area (Å²) in [6, 6.07) is -1.08. The average molecular weight is 374 g/mol. The van der Waals surface area contributed by atoms with Gasteiger partial charge in [0.15, 0.2) is 5.82 Å². The number of carbonyl (C=O) groups excluding carboxylic acids is 1. The molecule has 1 heterocycles. The number of benzene rings is 1. The Hall–Kier alpha value is -2.98. The summed E-state index contributed by atoms with van der Waals surface area (Å²) in [6.07, 6.45) is -0.897. The summed E-state index contributed by atoms with van der Waals surface area (Å²) < 4.78 is 60.9. The van der Waals surface area contributed by atoms with E-state index in [1.54, 1.807) is 0 Å². The van der Waals surface area contributed by atoms with Crippen molar-refractivity contribution in [3.8, 4) is 0 Å². The van der Waals surface area contributed by atoms with Crippen molar-refractivity contribution in [1.29, 1.82) is 0 Å². The molecule has 2 atom stereocenters. The minimum absolute atomic E-state index is 0.146. The Bertz CT molecular complexity index is 1020. The van der Waals surface area contributed by atoms with Crippen molar-refractivity contribution in [1.82, 2.24) is 4.57 Å². The highest BCUT2D eigenvalue weighted by atomic mass is 19.2. The summed E-state index contributed by atoms with van der Waals surface area (Å²) in [5.74, 6) is -7.44. The zero-order valence-electron chi connectivity index (χ0n) is 13.1. The van der Waals surface area contributed by atoms with Gasteiger partial charge in [-0.1, -0.05) is 0 Å². The fraction of sp³-hybridized carbons (Fsp3) is 0.333. The number of nitro groups is 1. The highest BCUT2D eigenvalue weighted by Gasteiger charge is 2.42. The van der Waals surface area contributed by atoms with E-state index in [0.717, 1.165) is 6.20 Å². The van der Waals surface area contributed by atoms with Gasteiger partial charge in [0, 0.05) is 12.6 Å². The molecule has 0 spiro atoms. The molecule has 2 aromatic rings. The van der Waals surface area contributed by atoms with Gasteiger partial charge in [-0.2, -0.15) is 4.39 Å². The molecule has 1 aliphatic rings. The maximum Gasteiger partial charge on any atom is 0.343 e. The molecule has 1 aromatic heterocycles. The maximum atomic E-state index is 14.3. The Morgan fingerprint density at radius 1 is 1.35 bits per heavy atom. The maximum absolute atomic E-state index is 14.3. The number of esters is 1. The molecule has 0 bridgehead atoms. The van der Waals surface area contributed by atoms with Gasteiger partial charge in [0.2, 0.25) is 17.1 Å². The topological polar surface area (TPSA) is 91.4 Å². The largest absolute Gasteiger partial charge is 0.462 e. The first-order chi connectivity index (χ1) is 12.2. The van der Waals surface area contributed by atoms with Gasteiger partial charge in [0.25, 0.3) is 0 Å². The van der Waals surface area contributed by atoms with Crippen LogP contribution in [0.4, 0.5) is 23.2 Å². The number of pyridine rings is 1. The number of fused-ring (bicyclic) bond motifs is 1. The number of halogens is 4. The Morgan fingerprint density at radius 2 is 1.96 bits per heavy atom. The van der Waals surface area contributed by atoms with Crippen LogP contribution in [0.3, 0.4) is 0 Å². The third-order valence-corrected chi connectivity index (χ3v) is 3.99. The van der Waals surface area contributed by atoms with Crippen molar-refractivity contribution in [2.45, 2.75) is 25.6 Å². The van der Waals surface area contributed by atoms with Crippen molar-refractivity contribution < 1.29 is 32.0 Å². The van der Waals surface area contributed by atoms with Crippen molar-refractivity contribution in [2.24, 2.45) is 0 Å². The number of alkyl halides is 1. The van der Waals surface area contributed by atoms with Gasteiger partial charge in [-0.3, -0.25) is 14.9 Å². The van der Waals surface area contributed by atoms with Gasteiger partial charge in [0.1, 0.15) is 17.1 Å². The molecule has 138 valence electrons. The van der Waals surface area contributed by atoms with Crippen LogP contribution in [0.15, 0.2) is 11.0 Å². The van der Waals surface area contributed by atoms with Crippen molar-refractivity contribution in [2.75, 3.05) is 6.61 Å². The van der Waals surface area contributed by atoms with Crippen LogP contribution < -0.4 is 5.43 Å². The molecular formula is C15H10F4N2O5. The highest BCUT2D eigenvalue weighted by molar-refractivity contribution is 5.97. The van der Waals surface area contributed by atoms with Gasteiger partial charge >= 0.3 is 11.7 Å². The lowest BCUT2D eigenvalue weighted by molar-refractivity contribution is -0.386. The van der Waals surface area contributed by atoms with E-state index in [2.05, 4.69) is 4.74 Å². The van der Waals surface area contributed by atoms with E-state index < -0.39 is 68.1 Å². The van der Waals surface area contributed by atoms with E-state index in [4.69, 9.17) is 0 Å². The Kier molecular flexibility index (Phi) is 4.17. The fourth-order valence-electron chi connectivity index (χ4n) is 2.72. The number of ether oxygens (including phenoxy) is 1. The summed E-state index contributed by atoms with van der Waals surface area (Å²) >= 11 is 0. The molecule has 1 aliphatic carbocycles. The number of nitrogens with zero attached hydrogens (tertiary/aromatic N) is 2. The first-order valence-corrected chi connectivity index (χ1v) is 7.41. The van der Waals surface area contributed by atoms with Crippen LogP contribution in [0.5, 0.6) is 0 Å². The summed E-state index contributed by atoms with van der Waals surface area (Å²) in [5, 5.41) is 10.0. The Labute approximate surface area is 141 Å². The van der Waals surface area contributed by atoms with E-state index in [1.165, 1.54) is 6.92 Å².